The zero-order valence-corrected chi connectivity index (χ0v) is 12.0. The van der Waals surface area contributed by atoms with E-state index in [9.17, 15) is 0 Å². The lowest BCUT2D eigenvalue weighted by atomic mass is 9.79. The molecule has 0 aliphatic heterocycles. The smallest absolute Gasteiger partial charge is 0.488 e. The fourth-order valence-corrected chi connectivity index (χ4v) is 2.31. The van der Waals surface area contributed by atoms with Crippen LogP contribution in [-0.2, 0) is 0 Å². The minimum Gasteiger partial charge on any atom is -0.493 e. The van der Waals surface area contributed by atoms with Gasteiger partial charge in [-0.3, -0.25) is 0 Å². The summed E-state index contributed by atoms with van der Waals surface area (Å²) in [5.41, 5.74) is 0.503. The predicted octanol–water partition coefficient (Wildman–Crippen LogP) is 2.33. The Morgan fingerprint density at radius 2 is 1.80 bits per heavy atom. The third-order valence-electron chi connectivity index (χ3n) is 3.45. The summed E-state index contributed by atoms with van der Waals surface area (Å²) < 4.78 is 5.81. The summed E-state index contributed by atoms with van der Waals surface area (Å²) in [4.78, 5) is 0. The third-order valence-corrected chi connectivity index (χ3v) is 3.45. The van der Waals surface area contributed by atoms with Crippen molar-refractivity contribution in [3.8, 4) is 5.75 Å². The zero-order valence-electron chi connectivity index (χ0n) is 12.0. The van der Waals surface area contributed by atoms with Crippen LogP contribution in [0.5, 0.6) is 5.75 Å². The lowest BCUT2D eigenvalue weighted by Crippen LogP contribution is -2.29. The van der Waals surface area contributed by atoms with Gasteiger partial charge in [0.25, 0.3) is 0 Å². The highest BCUT2D eigenvalue weighted by molar-refractivity contribution is 6.58. The molecule has 2 aromatic rings. The van der Waals surface area contributed by atoms with Gasteiger partial charge in [-0.2, -0.15) is 0 Å². The average Bonchev–Trinajstić information content (AvgIpc) is 2.44. The Kier molecular flexibility index (Phi) is 5.04. The van der Waals surface area contributed by atoms with Gasteiger partial charge < -0.3 is 14.8 Å². The maximum atomic E-state index is 9.16. The normalized spacial score (nSPS) is 12.4. The maximum absolute atomic E-state index is 9.16. The molecule has 2 N–H and O–H groups in total. The van der Waals surface area contributed by atoms with Crippen LogP contribution in [0.2, 0.25) is 0 Å². The monoisotopic (exact) mass is 272 g/mol. The van der Waals surface area contributed by atoms with Crippen molar-refractivity contribution in [1.29, 1.82) is 0 Å². The molecule has 0 saturated heterocycles. The molecule has 2 aromatic carbocycles. The second-order valence-electron chi connectivity index (χ2n) is 5.35. The molecule has 0 spiro atoms. The lowest BCUT2D eigenvalue weighted by Gasteiger charge is -2.12. The van der Waals surface area contributed by atoms with Gasteiger partial charge in [0, 0.05) is 0 Å². The summed E-state index contributed by atoms with van der Waals surface area (Å²) in [5, 5.41) is 20.3. The summed E-state index contributed by atoms with van der Waals surface area (Å²) in [5.74, 6) is 1.42. The van der Waals surface area contributed by atoms with Gasteiger partial charge in [-0.25, -0.2) is 0 Å². The first-order valence-corrected chi connectivity index (χ1v) is 7.12. The molecule has 0 radical (unpaired) electrons. The second-order valence-corrected chi connectivity index (χ2v) is 5.35. The summed E-state index contributed by atoms with van der Waals surface area (Å²) >= 11 is 0. The Morgan fingerprint density at radius 1 is 1.10 bits per heavy atom. The second kappa shape index (κ2) is 6.77. The first kappa shape index (κ1) is 14.9. The van der Waals surface area contributed by atoms with Crippen LogP contribution in [0.25, 0.3) is 10.8 Å². The fourth-order valence-electron chi connectivity index (χ4n) is 2.31. The minimum atomic E-state index is -1.43. The van der Waals surface area contributed by atoms with Crippen molar-refractivity contribution >= 4 is 23.4 Å². The molecule has 0 aliphatic rings. The van der Waals surface area contributed by atoms with Gasteiger partial charge in [-0.05, 0) is 40.7 Å². The van der Waals surface area contributed by atoms with E-state index < -0.39 is 7.12 Å². The van der Waals surface area contributed by atoms with Crippen LogP contribution >= 0.6 is 0 Å². The number of hydrogen-bond acceptors (Lipinski definition) is 3. The van der Waals surface area contributed by atoms with Crippen molar-refractivity contribution in [2.45, 2.75) is 26.7 Å². The van der Waals surface area contributed by atoms with Gasteiger partial charge in [0.15, 0.2) is 0 Å². The van der Waals surface area contributed by atoms with Crippen LogP contribution < -0.4 is 10.2 Å². The van der Waals surface area contributed by atoms with Gasteiger partial charge in [-0.15, -0.1) is 0 Å². The lowest BCUT2D eigenvalue weighted by molar-refractivity contribution is 0.252. The molecular weight excluding hydrogens is 251 g/mol. The summed E-state index contributed by atoms with van der Waals surface area (Å²) in [6, 6.07) is 11.2. The van der Waals surface area contributed by atoms with Crippen molar-refractivity contribution in [3.63, 3.8) is 0 Å². The molecule has 0 amide bonds. The molecule has 20 heavy (non-hydrogen) atoms. The standard InChI is InChI=1S/C16H21BO3/c1-3-4-12(2)11-20-16-8-6-13-9-15(17(18)19)7-5-14(13)10-16/h5-10,12,18-19H,3-4,11H2,1-2H3. The molecule has 1 atom stereocenters. The molecule has 0 aromatic heterocycles. The van der Waals surface area contributed by atoms with Crippen LogP contribution in [-0.4, -0.2) is 23.8 Å². The van der Waals surface area contributed by atoms with Crippen molar-refractivity contribution in [1.82, 2.24) is 0 Å². The molecule has 2 rings (SSSR count). The molecule has 1 unspecified atom stereocenters. The van der Waals surface area contributed by atoms with Crippen molar-refractivity contribution in [3.05, 3.63) is 36.4 Å². The van der Waals surface area contributed by atoms with E-state index in [0.29, 0.717) is 11.4 Å². The van der Waals surface area contributed by atoms with Crippen LogP contribution in [0.1, 0.15) is 26.7 Å². The number of benzene rings is 2. The molecule has 0 bridgehead atoms. The van der Waals surface area contributed by atoms with Gasteiger partial charge in [0.05, 0.1) is 6.61 Å². The Morgan fingerprint density at radius 3 is 2.50 bits per heavy atom. The molecule has 0 saturated carbocycles. The Bertz CT molecular complexity index is 569. The van der Waals surface area contributed by atoms with E-state index in [1.54, 1.807) is 12.1 Å². The molecule has 0 heterocycles. The van der Waals surface area contributed by atoms with E-state index in [1.807, 2.05) is 24.3 Å². The highest BCUT2D eigenvalue weighted by Crippen LogP contribution is 2.21. The number of rotatable bonds is 6. The van der Waals surface area contributed by atoms with E-state index >= 15 is 0 Å². The fraction of sp³-hybridized carbons (Fsp3) is 0.375. The van der Waals surface area contributed by atoms with Gasteiger partial charge in [-0.1, -0.05) is 44.5 Å². The Hall–Kier alpha value is -1.52. The van der Waals surface area contributed by atoms with Crippen molar-refractivity contribution in [2.24, 2.45) is 5.92 Å². The van der Waals surface area contributed by atoms with E-state index in [2.05, 4.69) is 13.8 Å². The number of hydrogen-bond donors (Lipinski definition) is 2. The van der Waals surface area contributed by atoms with E-state index in [4.69, 9.17) is 14.8 Å². The summed E-state index contributed by atoms with van der Waals surface area (Å²) in [6.07, 6.45) is 2.35. The van der Waals surface area contributed by atoms with E-state index in [0.717, 1.165) is 23.1 Å². The SMILES string of the molecule is CCCC(C)COc1ccc2cc(B(O)O)ccc2c1. The third kappa shape index (κ3) is 3.75. The zero-order chi connectivity index (χ0) is 14.5. The Labute approximate surface area is 120 Å². The topological polar surface area (TPSA) is 49.7 Å². The van der Waals surface area contributed by atoms with Crippen LogP contribution in [0.4, 0.5) is 0 Å². The molecule has 106 valence electrons. The van der Waals surface area contributed by atoms with Crippen molar-refractivity contribution < 1.29 is 14.8 Å². The number of ether oxygens (including phenoxy) is 1. The highest BCUT2D eigenvalue weighted by atomic mass is 16.5. The number of fused-ring (bicyclic) bond motifs is 1. The summed E-state index contributed by atoms with van der Waals surface area (Å²) in [7, 11) is -1.43. The largest absolute Gasteiger partial charge is 0.493 e. The summed E-state index contributed by atoms with van der Waals surface area (Å²) in [6.45, 7) is 5.10. The quantitative estimate of drug-likeness (QED) is 0.793. The first-order chi connectivity index (χ1) is 9.60. The van der Waals surface area contributed by atoms with Crippen LogP contribution in [0.15, 0.2) is 36.4 Å². The average molecular weight is 272 g/mol. The van der Waals surface area contributed by atoms with Gasteiger partial charge in [0.2, 0.25) is 0 Å². The Balaban J connectivity index is 2.11. The van der Waals surface area contributed by atoms with Gasteiger partial charge >= 0.3 is 7.12 Å². The van der Waals surface area contributed by atoms with E-state index in [-0.39, 0.29) is 0 Å². The molecule has 0 fully saturated rings. The molecule has 4 heteroatoms. The molecule has 0 aliphatic carbocycles. The van der Waals surface area contributed by atoms with Crippen molar-refractivity contribution in [2.75, 3.05) is 6.61 Å². The van der Waals surface area contributed by atoms with Crippen LogP contribution in [0, 0.1) is 5.92 Å². The molecule has 3 nitrogen and oxygen atoms in total. The van der Waals surface area contributed by atoms with E-state index in [1.165, 1.54) is 12.8 Å². The van der Waals surface area contributed by atoms with Gasteiger partial charge in [0.1, 0.15) is 5.75 Å². The van der Waals surface area contributed by atoms with Crippen LogP contribution in [0.3, 0.4) is 0 Å². The highest BCUT2D eigenvalue weighted by Gasteiger charge is 2.11. The molecular formula is C16H21BO3. The minimum absolute atomic E-state index is 0.503. The maximum Gasteiger partial charge on any atom is 0.488 e. The first-order valence-electron chi connectivity index (χ1n) is 7.12. The predicted molar refractivity (Wildman–Crippen MR) is 83.3 cm³/mol.